The van der Waals surface area contributed by atoms with Gasteiger partial charge in [0.1, 0.15) is 6.29 Å². The largest absolute Gasteiger partial charge is 0.298 e. The van der Waals surface area contributed by atoms with Gasteiger partial charge in [-0.05, 0) is 43.3 Å². The van der Waals surface area contributed by atoms with Gasteiger partial charge in [0.25, 0.3) is 0 Å². The second-order valence-electron chi connectivity index (χ2n) is 5.70. The van der Waals surface area contributed by atoms with E-state index >= 15 is 0 Å². The maximum absolute atomic E-state index is 12.0. The Bertz CT molecular complexity index is 873. The summed E-state index contributed by atoms with van der Waals surface area (Å²) in [6.07, 6.45) is 0.826. The molecule has 0 bridgehead atoms. The summed E-state index contributed by atoms with van der Waals surface area (Å²) in [5.74, 6) is -0.955. The number of Topliss-reactive ketones (excluding diaryl/α,β-unsaturated/α-hetero) is 2. The molecule has 0 aliphatic carbocycles. The van der Waals surface area contributed by atoms with Crippen LogP contribution >= 0.6 is 31.9 Å². The number of aldehydes is 1. The second-order valence-corrected chi connectivity index (χ2v) is 7.53. The molecule has 3 rings (SSSR count). The van der Waals surface area contributed by atoms with Crippen molar-refractivity contribution in [2.75, 3.05) is 0 Å². The summed E-state index contributed by atoms with van der Waals surface area (Å²) < 4.78 is 1.87. The fourth-order valence-corrected chi connectivity index (χ4v) is 2.64. The van der Waals surface area contributed by atoms with Crippen LogP contribution in [-0.4, -0.2) is 17.9 Å². The molecule has 27 heavy (non-hydrogen) atoms. The third kappa shape index (κ3) is 6.38. The molecule has 0 radical (unpaired) electrons. The number of hydrogen-bond donors (Lipinski definition) is 0. The molecule has 0 aromatic heterocycles. The van der Waals surface area contributed by atoms with Crippen LogP contribution in [0.1, 0.15) is 36.6 Å². The quantitative estimate of drug-likeness (QED) is 0.254. The van der Waals surface area contributed by atoms with E-state index in [1.807, 2.05) is 31.2 Å². The fraction of sp³-hybridized carbons (Fsp3) is 0.0455. The van der Waals surface area contributed by atoms with E-state index in [1.54, 1.807) is 48.5 Å². The van der Waals surface area contributed by atoms with Gasteiger partial charge in [0.05, 0.1) is 0 Å². The lowest BCUT2D eigenvalue weighted by molar-refractivity contribution is 0.0817. The predicted octanol–water partition coefficient (Wildman–Crippen LogP) is 6.08. The zero-order chi connectivity index (χ0) is 19.8. The molecular formula is C22H16Br2O3. The van der Waals surface area contributed by atoms with Crippen molar-refractivity contribution in [3.63, 3.8) is 0 Å². The molecule has 0 aliphatic heterocycles. The standard InChI is InChI=1S/C15H11BrO2.C7H5BrO/c1-10-2-4-11(5-3-10)14(17)15(18)12-6-8-13(16)9-7-12;8-7-3-1-6(5-9)2-4-7/h2-9H,1H3;1-5H. The number of hydrogen-bond acceptors (Lipinski definition) is 3. The van der Waals surface area contributed by atoms with Crippen LogP contribution in [0, 0.1) is 6.92 Å². The molecule has 3 aromatic carbocycles. The first-order valence-corrected chi connectivity index (χ1v) is 9.61. The Balaban J connectivity index is 0.000000244. The van der Waals surface area contributed by atoms with Crippen molar-refractivity contribution in [1.29, 1.82) is 0 Å². The van der Waals surface area contributed by atoms with Crippen molar-refractivity contribution in [2.45, 2.75) is 6.92 Å². The topological polar surface area (TPSA) is 51.2 Å². The van der Waals surface area contributed by atoms with Crippen molar-refractivity contribution in [3.05, 3.63) is 104 Å². The van der Waals surface area contributed by atoms with Crippen LogP contribution in [-0.2, 0) is 0 Å². The molecule has 0 atom stereocenters. The Hall–Kier alpha value is -2.37. The maximum atomic E-state index is 12.0. The molecule has 0 amide bonds. The van der Waals surface area contributed by atoms with E-state index in [4.69, 9.17) is 0 Å². The first-order valence-electron chi connectivity index (χ1n) is 8.02. The molecule has 0 unspecified atom stereocenters. The predicted molar refractivity (Wildman–Crippen MR) is 114 cm³/mol. The van der Waals surface area contributed by atoms with E-state index in [9.17, 15) is 14.4 Å². The lowest BCUT2D eigenvalue weighted by Crippen LogP contribution is -2.14. The van der Waals surface area contributed by atoms with Crippen LogP contribution in [0.5, 0.6) is 0 Å². The molecule has 0 saturated heterocycles. The molecule has 0 N–H and O–H groups in total. The Morgan fingerprint density at radius 2 is 1.04 bits per heavy atom. The average molecular weight is 488 g/mol. The molecule has 0 spiro atoms. The number of carbonyl (C=O) groups is 3. The summed E-state index contributed by atoms with van der Waals surface area (Å²) in [6.45, 7) is 1.94. The number of halogens is 2. The zero-order valence-electron chi connectivity index (χ0n) is 14.5. The van der Waals surface area contributed by atoms with Gasteiger partial charge >= 0.3 is 0 Å². The van der Waals surface area contributed by atoms with Gasteiger partial charge in [-0.1, -0.05) is 73.8 Å². The van der Waals surface area contributed by atoms with E-state index in [0.717, 1.165) is 20.8 Å². The summed E-state index contributed by atoms with van der Waals surface area (Å²) in [4.78, 5) is 34.1. The van der Waals surface area contributed by atoms with Gasteiger partial charge in [-0.3, -0.25) is 14.4 Å². The number of carbonyl (C=O) groups excluding carboxylic acids is 3. The smallest absolute Gasteiger partial charge is 0.233 e. The van der Waals surface area contributed by atoms with Gasteiger partial charge in [-0.25, -0.2) is 0 Å². The van der Waals surface area contributed by atoms with Crippen LogP contribution in [0.15, 0.2) is 81.7 Å². The van der Waals surface area contributed by atoms with Crippen LogP contribution in [0.2, 0.25) is 0 Å². The Morgan fingerprint density at radius 3 is 1.44 bits per heavy atom. The number of aryl methyl sites for hydroxylation is 1. The van der Waals surface area contributed by atoms with Gasteiger partial charge in [0.2, 0.25) is 11.6 Å². The van der Waals surface area contributed by atoms with Crippen LogP contribution in [0.25, 0.3) is 0 Å². The third-order valence-electron chi connectivity index (χ3n) is 3.63. The van der Waals surface area contributed by atoms with Crippen LogP contribution in [0.3, 0.4) is 0 Å². The molecular weight excluding hydrogens is 472 g/mol. The van der Waals surface area contributed by atoms with Crippen molar-refractivity contribution in [2.24, 2.45) is 0 Å². The number of rotatable bonds is 4. The van der Waals surface area contributed by atoms with E-state index in [2.05, 4.69) is 31.9 Å². The van der Waals surface area contributed by atoms with Crippen molar-refractivity contribution in [3.8, 4) is 0 Å². The fourth-order valence-electron chi connectivity index (χ4n) is 2.11. The summed E-state index contributed by atoms with van der Waals surface area (Å²) in [7, 11) is 0. The Labute approximate surface area is 174 Å². The minimum atomic E-state index is -0.480. The average Bonchev–Trinajstić information content (AvgIpc) is 2.69. The van der Waals surface area contributed by atoms with Gasteiger partial charge in [0, 0.05) is 25.6 Å². The van der Waals surface area contributed by atoms with E-state index in [0.29, 0.717) is 16.7 Å². The molecule has 0 saturated carbocycles. The molecule has 0 fully saturated rings. The molecule has 136 valence electrons. The van der Waals surface area contributed by atoms with E-state index in [1.165, 1.54) is 0 Å². The number of ketones is 2. The minimum Gasteiger partial charge on any atom is -0.298 e. The van der Waals surface area contributed by atoms with Crippen LogP contribution < -0.4 is 0 Å². The first-order chi connectivity index (χ1) is 12.9. The summed E-state index contributed by atoms with van der Waals surface area (Å²) in [5, 5.41) is 0. The highest BCUT2D eigenvalue weighted by Crippen LogP contribution is 2.13. The van der Waals surface area contributed by atoms with Gasteiger partial charge in [0.15, 0.2) is 0 Å². The molecule has 3 aromatic rings. The zero-order valence-corrected chi connectivity index (χ0v) is 17.7. The van der Waals surface area contributed by atoms with Crippen LogP contribution in [0.4, 0.5) is 0 Å². The summed E-state index contributed by atoms with van der Waals surface area (Å²) >= 11 is 6.55. The normalized spacial score (nSPS) is 9.74. The lowest BCUT2D eigenvalue weighted by atomic mass is 10.0. The minimum absolute atomic E-state index is 0.406. The van der Waals surface area contributed by atoms with Crippen molar-refractivity contribution < 1.29 is 14.4 Å². The SMILES string of the molecule is Cc1ccc(C(=O)C(=O)c2ccc(Br)cc2)cc1.O=Cc1ccc(Br)cc1. The monoisotopic (exact) mass is 486 g/mol. The van der Waals surface area contributed by atoms with Crippen molar-refractivity contribution >= 4 is 49.7 Å². The highest BCUT2D eigenvalue weighted by atomic mass is 79.9. The molecule has 0 heterocycles. The van der Waals surface area contributed by atoms with Crippen molar-refractivity contribution in [1.82, 2.24) is 0 Å². The Kier molecular flexibility index (Phi) is 7.82. The van der Waals surface area contributed by atoms with E-state index < -0.39 is 11.6 Å². The molecule has 0 aliphatic rings. The Morgan fingerprint density at radius 1 is 0.667 bits per heavy atom. The molecule has 3 nitrogen and oxygen atoms in total. The highest BCUT2D eigenvalue weighted by Gasteiger charge is 2.17. The number of benzene rings is 3. The summed E-state index contributed by atoms with van der Waals surface area (Å²) in [6, 6.07) is 21.0. The highest BCUT2D eigenvalue weighted by molar-refractivity contribution is 9.10. The van der Waals surface area contributed by atoms with Gasteiger partial charge in [-0.2, -0.15) is 0 Å². The first kappa shape index (κ1) is 20.9. The lowest BCUT2D eigenvalue weighted by Gasteiger charge is -2.01. The van der Waals surface area contributed by atoms with Gasteiger partial charge < -0.3 is 0 Å². The summed E-state index contributed by atoms with van der Waals surface area (Å²) in [5.41, 5.74) is 2.60. The van der Waals surface area contributed by atoms with E-state index in [-0.39, 0.29) is 0 Å². The maximum Gasteiger partial charge on any atom is 0.233 e. The third-order valence-corrected chi connectivity index (χ3v) is 4.69. The second kappa shape index (κ2) is 10.1. The van der Waals surface area contributed by atoms with Gasteiger partial charge in [-0.15, -0.1) is 0 Å². The molecule has 5 heteroatoms.